The van der Waals surface area contributed by atoms with Gasteiger partial charge in [0.2, 0.25) is 0 Å². The van der Waals surface area contributed by atoms with Crippen LogP contribution < -0.4 is 5.32 Å². The van der Waals surface area contributed by atoms with Gasteiger partial charge in [0, 0.05) is 24.3 Å². The average Bonchev–Trinajstić information content (AvgIpc) is 2.97. The Bertz CT molecular complexity index is 472. The molecule has 98 valence electrons. The van der Waals surface area contributed by atoms with Crippen molar-refractivity contribution in [3.8, 4) is 0 Å². The second kappa shape index (κ2) is 4.54. The summed E-state index contributed by atoms with van der Waals surface area (Å²) in [5.41, 5.74) is 3.68. The highest BCUT2D eigenvalue weighted by Crippen LogP contribution is 2.38. The van der Waals surface area contributed by atoms with Crippen molar-refractivity contribution >= 4 is 6.08 Å². The molecular formula is C15H23N3. The van der Waals surface area contributed by atoms with Crippen molar-refractivity contribution in [3.63, 3.8) is 0 Å². The molecule has 0 radical (unpaired) electrons. The molecule has 2 aliphatic rings. The lowest BCUT2D eigenvalue weighted by molar-refractivity contribution is 0.456. The van der Waals surface area contributed by atoms with Crippen molar-refractivity contribution in [2.24, 2.45) is 18.9 Å². The molecule has 3 atom stereocenters. The minimum atomic E-state index is 0.580. The highest BCUT2D eigenvalue weighted by molar-refractivity contribution is 5.55. The van der Waals surface area contributed by atoms with Gasteiger partial charge < -0.3 is 5.32 Å². The SMILES string of the molecule is Cc1nn(C)c(C)c1/C=C/C1NCC2CCCC21. The molecule has 1 N–H and O–H groups in total. The predicted molar refractivity (Wildman–Crippen MR) is 74.3 cm³/mol. The number of nitrogens with one attached hydrogen (secondary N) is 1. The van der Waals surface area contributed by atoms with Gasteiger partial charge in [0.05, 0.1) is 5.69 Å². The molecule has 1 saturated heterocycles. The Morgan fingerprint density at radius 2 is 2.17 bits per heavy atom. The second-order valence-corrected chi connectivity index (χ2v) is 5.86. The van der Waals surface area contributed by atoms with Crippen molar-refractivity contribution < 1.29 is 0 Å². The topological polar surface area (TPSA) is 29.9 Å². The van der Waals surface area contributed by atoms with Crippen molar-refractivity contribution in [1.29, 1.82) is 0 Å². The largest absolute Gasteiger partial charge is 0.310 e. The molecule has 0 aromatic carbocycles. The van der Waals surface area contributed by atoms with Gasteiger partial charge in [-0.05, 0) is 45.1 Å². The summed E-state index contributed by atoms with van der Waals surface area (Å²) < 4.78 is 1.97. The van der Waals surface area contributed by atoms with E-state index < -0.39 is 0 Å². The molecule has 1 saturated carbocycles. The van der Waals surface area contributed by atoms with Gasteiger partial charge in [0.25, 0.3) is 0 Å². The lowest BCUT2D eigenvalue weighted by Gasteiger charge is -2.13. The van der Waals surface area contributed by atoms with Gasteiger partial charge in [-0.3, -0.25) is 4.68 Å². The maximum atomic E-state index is 4.47. The lowest BCUT2D eigenvalue weighted by Crippen LogP contribution is -2.23. The number of hydrogen-bond acceptors (Lipinski definition) is 2. The molecule has 1 aliphatic carbocycles. The monoisotopic (exact) mass is 245 g/mol. The van der Waals surface area contributed by atoms with Crippen LogP contribution in [-0.4, -0.2) is 22.4 Å². The fraction of sp³-hybridized carbons (Fsp3) is 0.667. The molecule has 3 rings (SSSR count). The minimum Gasteiger partial charge on any atom is -0.310 e. The third-order valence-electron chi connectivity index (χ3n) is 4.83. The van der Waals surface area contributed by atoms with Gasteiger partial charge in [0.1, 0.15) is 0 Å². The van der Waals surface area contributed by atoms with Crippen molar-refractivity contribution in [1.82, 2.24) is 15.1 Å². The molecule has 1 aromatic heterocycles. The van der Waals surface area contributed by atoms with Crippen LogP contribution in [0.3, 0.4) is 0 Å². The summed E-state index contributed by atoms with van der Waals surface area (Å²) in [5.74, 6) is 1.80. The average molecular weight is 245 g/mol. The Kier molecular flexibility index (Phi) is 3.02. The summed E-state index contributed by atoms with van der Waals surface area (Å²) in [6.07, 6.45) is 8.89. The van der Waals surface area contributed by atoms with Crippen LogP contribution in [0.4, 0.5) is 0 Å². The lowest BCUT2D eigenvalue weighted by atomic mass is 9.93. The van der Waals surface area contributed by atoms with Crippen LogP contribution in [0.5, 0.6) is 0 Å². The zero-order chi connectivity index (χ0) is 12.7. The second-order valence-electron chi connectivity index (χ2n) is 5.86. The molecular weight excluding hydrogens is 222 g/mol. The number of hydrogen-bond donors (Lipinski definition) is 1. The molecule has 3 nitrogen and oxygen atoms in total. The fourth-order valence-corrected chi connectivity index (χ4v) is 3.67. The third-order valence-corrected chi connectivity index (χ3v) is 4.83. The van der Waals surface area contributed by atoms with Crippen molar-refractivity contribution in [2.45, 2.75) is 39.2 Å². The smallest absolute Gasteiger partial charge is 0.0668 e. The zero-order valence-electron chi connectivity index (χ0n) is 11.6. The van der Waals surface area contributed by atoms with E-state index in [2.05, 4.69) is 36.4 Å². The Morgan fingerprint density at radius 1 is 1.33 bits per heavy atom. The van der Waals surface area contributed by atoms with E-state index in [0.717, 1.165) is 17.5 Å². The summed E-state index contributed by atoms with van der Waals surface area (Å²) in [7, 11) is 2.01. The van der Waals surface area contributed by atoms with Gasteiger partial charge in [-0.1, -0.05) is 18.6 Å². The first-order chi connectivity index (χ1) is 8.66. The molecule has 0 bridgehead atoms. The fourth-order valence-electron chi connectivity index (χ4n) is 3.67. The molecule has 2 heterocycles. The molecule has 2 fully saturated rings. The van der Waals surface area contributed by atoms with E-state index in [4.69, 9.17) is 0 Å². The summed E-state index contributed by atoms with van der Waals surface area (Å²) in [6.45, 7) is 5.44. The van der Waals surface area contributed by atoms with E-state index in [1.54, 1.807) is 0 Å². The number of aromatic nitrogens is 2. The molecule has 3 unspecified atom stereocenters. The molecule has 18 heavy (non-hydrogen) atoms. The van der Waals surface area contributed by atoms with Crippen LogP contribution in [0.2, 0.25) is 0 Å². The Hall–Kier alpha value is -1.09. The number of nitrogens with zero attached hydrogens (tertiary/aromatic N) is 2. The van der Waals surface area contributed by atoms with Gasteiger partial charge in [-0.15, -0.1) is 0 Å². The standard InChI is InChI=1S/C15H23N3/c1-10-13(11(2)18(3)17-10)7-8-15-14-6-4-5-12(14)9-16-15/h7-8,12,14-16H,4-6,9H2,1-3H3/b8-7+. The summed E-state index contributed by atoms with van der Waals surface area (Å²) in [5, 5.41) is 8.13. The maximum absolute atomic E-state index is 4.47. The molecule has 0 spiro atoms. The Labute approximate surface area is 109 Å². The normalized spacial score (nSPS) is 31.4. The Balaban J connectivity index is 1.78. The summed E-state index contributed by atoms with van der Waals surface area (Å²) in [4.78, 5) is 0. The minimum absolute atomic E-state index is 0.580. The molecule has 1 aromatic rings. The zero-order valence-corrected chi connectivity index (χ0v) is 11.6. The highest BCUT2D eigenvalue weighted by atomic mass is 15.3. The van der Waals surface area contributed by atoms with Crippen molar-refractivity contribution in [2.75, 3.05) is 6.54 Å². The molecule has 1 aliphatic heterocycles. The van der Waals surface area contributed by atoms with E-state index >= 15 is 0 Å². The summed E-state index contributed by atoms with van der Waals surface area (Å²) >= 11 is 0. The number of rotatable bonds is 2. The van der Waals surface area contributed by atoms with Crippen LogP contribution in [0, 0.1) is 25.7 Å². The van der Waals surface area contributed by atoms with Crippen LogP contribution in [0.25, 0.3) is 6.08 Å². The van der Waals surface area contributed by atoms with Crippen LogP contribution in [0.15, 0.2) is 6.08 Å². The van der Waals surface area contributed by atoms with Crippen LogP contribution in [-0.2, 0) is 7.05 Å². The third kappa shape index (κ3) is 1.91. The van der Waals surface area contributed by atoms with Gasteiger partial charge in [-0.25, -0.2) is 0 Å². The Morgan fingerprint density at radius 3 is 2.89 bits per heavy atom. The summed E-state index contributed by atoms with van der Waals surface area (Å²) in [6, 6.07) is 0.580. The van der Waals surface area contributed by atoms with E-state index in [9.17, 15) is 0 Å². The van der Waals surface area contributed by atoms with Gasteiger partial charge >= 0.3 is 0 Å². The first-order valence-corrected chi connectivity index (χ1v) is 7.08. The number of fused-ring (bicyclic) bond motifs is 1. The van der Waals surface area contributed by atoms with Gasteiger partial charge in [0.15, 0.2) is 0 Å². The predicted octanol–water partition coefficient (Wildman–Crippen LogP) is 2.44. The van der Waals surface area contributed by atoms with E-state index in [0.29, 0.717) is 6.04 Å². The van der Waals surface area contributed by atoms with Crippen LogP contribution >= 0.6 is 0 Å². The van der Waals surface area contributed by atoms with Gasteiger partial charge in [-0.2, -0.15) is 5.10 Å². The first kappa shape index (κ1) is 12.0. The van der Waals surface area contributed by atoms with E-state index in [1.807, 2.05) is 11.7 Å². The highest BCUT2D eigenvalue weighted by Gasteiger charge is 2.37. The molecule has 3 heteroatoms. The van der Waals surface area contributed by atoms with E-state index in [1.165, 1.54) is 37.1 Å². The quantitative estimate of drug-likeness (QED) is 0.867. The first-order valence-electron chi connectivity index (χ1n) is 7.08. The van der Waals surface area contributed by atoms with E-state index in [-0.39, 0.29) is 0 Å². The number of aryl methyl sites for hydroxylation is 2. The van der Waals surface area contributed by atoms with Crippen molar-refractivity contribution in [3.05, 3.63) is 23.0 Å². The van der Waals surface area contributed by atoms with Crippen LogP contribution in [0.1, 0.15) is 36.2 Å². The molecule has 0 amide bonds. The maximum Gasteiger partial charge on any atom is 0.0668 e.